The second-order valence-corrected chi connectivity index (χ2v) is 17.4. The van der Waals surface area contributed by atoms with Crippen LogP contribution in [0, 0.1) is 11.3 Å². The lowest BCUT2D eigenvalue weighted by Crippen LogP contribution is -2.53. The Morgan fingerprint density at radius 3 is 2.39 bits per heavy atom. The smallest absolute Gasteiger partial charge is 0.255 e. The lowest BCUT2D eigenvalue weighted by molar-refractivity contribution is -0.136. The van der Waals surface area contributed by atoms with Crippen molar-refractivity contribution in [3.8, 4) is 6.07 Å². The fraction of sp³-hybridized carbons (Fsp3) is 0.432. The molecule has 4 aliphatic heterocycles. The average molecular weight is 817 g/mol. The first-order valence-electron chi connectivity index (χ1n) is 19.9. The van der Waals surface area contributed by atoms with Crippen molar-refractivity contribution in [2.24, 2.45) is 0 Å². The van der Waals surface area contributed by atoms with Gasteiger partial charge in [-0.2, -0.15) is 5.26 Å². The summed E-state index contributed by atoms with van der Waals surface area (Å²) in [5, 5.41) is 12.7. The van der Waals surface area contributed by atoms with Gasteiger partial charge in [-0.25, -0.2) is 0 Å². The zero-order valence-electron chi connectivity index (χ0n) is 32.1. The molecule has 0 spiro atoms. The number of nitrogens with one attached hydrogen (secondary N) is 2. The molecule has 0 bridgehead atoms. The van der Waals surface area contributed by atoms with Gasteiger partial charge in [0.15, 0.2) is 5.78 Å². The molecule has 5 heterocycles. The Morgan fingerprint density at radius 1 is 0.911 bits per heavy atom. The van der Waals surface area contributed by atoms with E-state index in [1.165, 1.54) is 11.3 Å². The number of carbonyl (C=O) groups is 4. The summed E-state index contributed by atoms with van der Waals surface area (Å²) in [4.78, 5) is 64.4. The molecule has 3 saturated heterocycles. The Bertz CT molecular complexity index is 2380. The Balaban J connectivity index is 0.840. The van der Waals surface area contributed by atoms with E-state index in [9.17, 15) is 24.4 Å². The number of aromatic nitrogens is 1. The van der Waals surface area contributed by atoms with Gasteiger partial charge in [-0.3, -0.25) is 34.3 Å². The second kappa shape index (κ2) is 14.0. The number of hydrogen-bond donors (Lipinski definition) is 2. The molecule has 11 nitrogen and oxygen atoms in total. The standard InChI is InChI=1S/C44H46BrN7O4/c1-4-26-20-31-33(44(2,3)41-38(40(31)54)30-7-5-25(22-46)19-34(30)47-41)21-36(26)51-13-11-28(12-14-51)50-17-15-49(16-18-50)23-27-6-8-29-32(39(27)45)24-52(43(29)56)35-9-10-37(53)48-42(35)55/h5-8,19-21,28,35,47H,4,9-18,23-24H2,1-3H3,(H,48,53,55). The Morgan fingerprint density at radius 2 is 1.68 bits per heavy atom. The predicted molar refractivity (Wildman–Crippen MR) is 217 cm³/mol. The summed E-state index contributed by atoms with van der Waals surface area (Å²) in [6, 6.07) is 16.0. The van der Waals surface area contributed by atoms with E-state index < -0.39 is 17.4 Å². The van der Waals surface area contributed by atoms with Crippen molar-refractivity contribution >= 4 is 56.0 Å². The van der Waals surface area contributed by atoms with E-state index in [4.69, 9.17) is 0 Å². The number of amides is 3. The molecule has 1 aliphatic carbocycles. The van der Waals surface area contributed by atoms with Crippen LogP contribution < -0.4 is 10.2 Å². The van der Waals surface area contributed by atoms with E-state index in [1.54, 1.807) is 11.0 Å². The van der Waals surface area contributed by atoms with Gasteiger partial charge >= 0.3 is 0 Å². The number of benzene rings is 3. The lowest BCUT2D eigenvalue weighted by atomic mass is 9.70. The van der Waals surface area contributed by atoms with Crippen molar-refractivity contribution in [2.75, 3.05) is 44.2 Å². The first-order chi connectivity index (χ1) is 27.0. The van der Waals surface area contributed by atoms with E-state index in [-0.39, 0.29) is 24.0 Å². The zero-order chi connectivity index (χ0) is 39.0. The number of nitriles is 1. The minimum absolute atomic E-state index is 0.0550. The molecule has 0 radical (unpaired) electrons. The predicted octanol–water partition coefficient (Wildman–Crippen LogP) is 5.78. The third kappa shape index (κ3) is 5.98. The highest BCUT2D eigenvalue weighted by atomic mass is 79.9. The van der Waals surface area contributed by atoms with Gasteiger partial charge in [0.25, 0.3) is 5.91 Å². The van der Waals surface area contributed by atoms with Crippen LogP contribution in [0.4, 0.5) is 5.69 Å². The number of imide groups is 1. The van der Waals surface area contributed by atoms with Crippen LogP contribution in [0.3, 0.4) is 0 Å². The van der Waals surface area contributed by atoms with Gasteiger partial charge in [-0.05, 0) is 78.3 Å². The van der Waals surface area contributed by atoms with Gasteiger partial charge < -0.3 is 14.8 Å². The van der Waals surface area contributed by atoms with Gasteiger partial charge in [-0.1, -0.05) is 48.8 Å². The van der Waals surface area contributed by atoms with Gasteiger partial charge in [0.1, 0.15) is 6.04 Å². The maximum absolute atomic E-state index is 14.1. The van der Waals surface area contributed by atoms with Gasteiger partial charge in [0.2, 0.25) is 11.8 Å². The second-order valence-electron chi connectivity index (χ2n) is 16.6. The largest absolute Gasteiger partial charge is 0.371 e. The van der Waals surface area contributed by atoms with E-state index >= 15 is 0 Å². The van der Waals surface area contributed by atoms with E-state index in [0.717, 1.165) is 114 Å². The van der Waals surface area contributed by atoms with Gasteiger partial charge in [0, 0.05) is 108 Å². The molecule has 3 amide bonds. The Hall–Kier alpha value is -4.83. The minimum Gasteiger partial charge on any atom is -0.371 e. The van der Waals surface area contributed by atoms with Crippen LogP contribution in [-0.2, 0) is 34.5 Å². The van der Waals surface area contributed by atoms with Crippen molar-refractivity contribution < 1.29 is 19.2 Å². The SMILES string of the molecule is CCc1cc2c(cc1N1CCC(N3CCN(Cc4ccc5c(c4Br)CN(C4CCC(=O)NC4=O)C5=O)CC3)CC1)C(C)(C)c1[nH]c3cc(C#N)ccc3c1C2=O. The van der Waals surface area contributed by atoms with Gasteiger partial charge in [0.05, 0.1) is 17.2 Å². The number of piperidine rings is 2. The van der Waals surface area contributed by atoms with Crippen molar-refractivity contribution in [1.82, 2.24) is 25.0 Å². The molecule has 1 unspecified atom stereocenters. The molecule has 288 valence electrons. The van der Waals surface area contributed by atoms with E-state index in [0.29, 0.717) is 30.1 Å². The maximum atomic E-state index is 14.1. The maximum Gasteiger partial charge on any atom is 0.255 e. The summed E-state index contributed by atoms with van der Waals surface area (Å²) in [7, 11) is 0. The fourth-order valence-corrected chi connectivity index (χ4v) is 10.5. The van der Waals surface area contributed by atoms with Crippen LogP contribution in [0.15, 0.2) is 46.9 Å². The van der Waals surface area contributed by atoms with Crippen LogP contribution in [0.1, 0.15) is 106 Å². The summed E-state index contributed by atoms with van der Waals surface area (Å²) in [5.41, 5.74) is 9.61. The number of halogens is 1. The third-order valence-electron chi connectivity index (χ3n) is 13.1. The number of aryl methyl sites for hydroxylation is 1. The summed E-state index contributed by atoms with van der Waals surface area (Å²) >= 11 is 3.82. The topological polar surface area (TPSA) is 133 Å². The highest BCUT2D eigenvalue weighted by Crippen LogP contribution is 2.46. The number of carbonyl (C=O) groups excluding carboxylic acids is 4. The molecule has 0 saturated carbocycles. The Labute approximate surface area is 335 Å². The van der Waals surface area contributed by atoms with Crippen molar-refractivity contribution in [3.63, 3.8) is 0 Å². The quantitative estimate of drug-likeness (QED) is 0.234. The van der Waals surface area contributed by atoms with Crippen molar-refractivity contribution in [2.45, 2.75) is 83.5 Å². The molecular formula is C44H46BrN7O4. The monoisotopic (exact) mass is 815 g/mol. The lowest BCUT2D eigenvalue weighted by Gasteiger charge is -2.44. The molecular weight excluding hydrogens is 770 g/mol. The number of piperazine rings is 1. The number of nitrogens with zero attached hydrogens (tertiary/aromatic N) is 5. The molecule has 56 heavy (non-hydrogen) atoms. The van der Waals surface area contributed by atoms with Gasteiger partial charge in [-0.15, -0.1) is 0 Å². The number of hydrogen-bond acceptors (Lipinski definition) is 8. The first kappa shape index (κ1) is 36.8. The molecule has 3 aromatic carbocycles. The van der Waals surface area contributed by atoms with Crippen LogP contribution in [0.2, 0.25) is 0 Å². The number of fused-ring (bicyclic) bond motifs is 5. The average Bonchev–Trinajstić information content (AvgIpc) is 3.76. The fourth-order valence-electron chi connectivity index (χ4n) is 9.93. The number of H-pyrrole nitrogens is 1. The van der Waals surface area contributed by atoms with Crippen LogP contribution in [0.25, 0.3) is 10.9 Å². The molecule has 12 heteroatoms. The highest BCUT2D eigenvalue weighted by molar-refractivity contribution is 9.10. The van der Waals surface area contributed by atoms with Crippen LogP contribution in [0.5, 0.6) is 0 Å². The zero-order valence-corrected chi connectivity index (χ0v) is 33.7. The van der Waals surface area contributed by atoms with Crippen molar-refractivity contribution in [1.29, 1.82) is 5.26 Å². The molecule has 3 fully saturated rings. The molecule has 1 atom stereocenters. The van der Waals surface area contributed by atoms with Crippen molar-refractivity contribution in [3.05, 3.63) is 97.1 Å². The summed E-state index contributed by atoms with van der Waals surface area (Å²) in [6.45, 7) is 13.6. The molecule has 9 rings (SSSR count). The highest BCUT2D eigenvalue weighted by Gasteiger charge is 2.42. The number of aromatic amines is 1. The van der Waals surface area contributed by atoms with Crippen LogP contribution >= 0.6 is 15.9 Å². The summed E-state index contributed by atoms with van der Waals surface area (Å²) in [6.07, 6.45) is 3.62. The minimum atomic E-state index is -0.622. The summed E-state index contributed by atoms with van der Waals surface area (Å²) in [5.74, 6) is -0.775. The van der Waals surface area contributed by atoms with E-state index in [1.807, 2.05) is 24.3 Å². The molecule has 5 aliphatic rings. The van der Waals surface area contributed by atoms with Crippen LogP contribution in [-0.4, -0.2) is 94.5 Å². The molecule has 1 aromatic heterocycles. The number of rotatable bonds is 6. The third-order valence-corrected chi connectivity index (χ3v) is 14.1. The Kier molecular flexibility index (Phi) is 9.18. The molecule has 4 aromatic rings. The number of ketones is 1. The summed E-state index contributed by atoms with van der Waals surface area (Å²) < 4.78 is 0.935. The molecule has 2 N–H and O–H groups in total. The normalized spacial score (nSPS) is 21.6. The number of anilines is 1. The first-order valence-corrected chi connectivity index (χ1v) is 20.7. The van der Waals surface area contributed by atoms with E-state index in [2.05, 4.69) is 79.9 Å².